The van der Waals surface area contributed by atoms with Crippen LogP contribution in [0.4, 0.5) is 0 Å². The van der Waals surface area contributed by atoms with Gasteiger partial charge < -0.3 is 4.74 Å². The second kappa shape index (κ2) is 8.75. The van der Waals surface area contributed by atoms with E-state index in [1.54, 1.807) is 18.2 Å². The average molecular weight is 376 g/mol. The third-order valence-corrected chi connectivity index (χ3v) is 5.00. The van der Waals surface area contributed by atoms with Crippen LogP contribution in [0.5, 0.6) is 5.75 Å². The van der Waals surface area contributed by atoms with Gasteiger partial charge in [-0.3, -0.25) is 4.79 Å². The summed E-state index contributed by atoms with van der Waals surface area (Å²) in [5.74, 6) is 0.798. The zero-order valence-electron chi connectivity index (χ0n) is 14.5. The van der Waals surface area contributed by atoms with Gasteiger partial charge in [0.05, 0.1) is 15.6 Å². The molecule has 0 spiro atoms. The predicted octanol–water partition coefficient (Wildman–Crippen LogP) is 5.24. The van der Waals surface area contributed by atoms with Gasteiger partial charge in [-0.1, -0.05) is 35.3 Å². The Balaban J connectivity index is 0.00000288. The average Bonchev–Trinajstić information content (AvgIpc) is 2.40. The first-order valence-electron chi connectivity index (χ1n) is 7.22. The maximum Gasteiger partial charge on any atom is 0.188 e. The van der Waals surface area contributed by atoms with Crippen LogP contribution in [0.25, 0.3) is 0 Å². The number of aryl methyl sites for hydroxylation is 1. The summed E-state index contributed by atoms with van der Waals surface area (Å²) in [5, 5.41) is 1.74. The number of benzene rings is 2. The fraction of sp³-hybridized carbons (Fsp3) is 0.278. The SMILES string of the molecule is Cc1cc(OC(C)(C)C)ccc1PC(=O)c1c(Cl)cccc1Cl.[Li]. The Morgan fingerprint density at radius 3 is 2.17 bits per heavy atom. The van der Waals surface area contributed by atoms with E-state index in [0.717, 1.165) is 16.6 Å². The topological polar surface area (TPSA) is 26.3 Å². The summed E-state index contributed by atoms with van der Waals surface area (Å²) in [7, 11) is -0.0316. The molecule has 0 N–H and O–H groups in total. The number of carbonyl (C=O) groups is 1. The summed E-state index contributed by atoms with van der Waals surface area (Å²) in [4.78, 5) is 12.5. The van der Waals surface area contributed by atoms with E-state index in [9.17, 15) is 4.79 Å². The molecule has 2 aromatic carbocycles. The quantitative estimate of drug-likeness (QED) is 0.539. The van der Waals surface area contributed by atoms with Gasteiger partial charge in [0.1, 0.15) is 11.4 Å². The zero-order chi connectivity index (χ0) is 17.2. The largest absolute Gasteiger partial charge is 0.488 e. The van der Waals surface area contributed by atoms with Gasteiger partial charge in [0.25, 0.3) is 0 Å². The van der Waals surface area contributed by atoms with E-state index in [0.29, 0.717) is 15.6 Å². The van der Waals surface area contributed by atoms with E-state index in [-0.39, 0.29) is 38.6 Å². The second-order valence-corrected chi connectivity index (χ2v) is 8.30. The number of hydrogen-bond acceptors (Lipinski definition) is 2. The molecule has 2 nitrogen and oxygen atoms in total. The summed E-state index contributed by atoms with van der Waals surface area (Å²) >= 11 is 12.2. The van der Waals surface area contributed by atoms with Crippen LogP contribution in [0.1, 0.15) is 36.7 Å². The van der Waals surface area contributed by atoms with E-state index in [1.807, 2.05) is 45.9 Å². The Morgan fingerprint density at radius 1 is 1.08 bits per heavy atom. The summed E-state index contributed by atoms with van der Waals surface area (Å²) in [5.41, 5.74) is 1.09. The minimum absolute atomic E-state index is 0. The maximum atomic E-state index is 12.5. The molecular weight excluding hydrogens is 357 g/mol. The van der Waals surface area contributed by atoms with Gasteiger partial charge in [-0.25, -0.2) is 0 Å². The molecule has 0 heterocycles. The Kier molecular flexibility index (Phi) is 7.86. The Morgan fingerprint density at radius 2 is 1.67 bits per heavy atom. The molecule has 0 bridgehead atoms. The molecule has 0 saturated carbocycles. The van der Waals surface area contributed by atoms with Crippen LogP contribution in [0.15, 0.2) is 36.4 Å². The standard InChI is InChI=1S/C18H19Cl2O2P.Li/c1-11-10-12(22-18(2,3)4)8-9-15(11)23-17(21)16-13(19)6-5-7-14(16)20;/h5-10,23H,1-4H3;. The van der Waals surface area contributed by atoms with Crippen molar-refractivity contribution in [3.05, 3.63) is 57.6 Å². The van der Waals surface area contributed by atoms with Crippen molar-refractivity contribution in [1.82, 2.24) is 0 Å². The monoisotopic (exact) mass is 375 g/mol. The normalized spacial score (nSPS) is 11.4. The molecular formula is C18H19Cl2LiO2P. The second-order valence-electron chi connectivity index (χ2n) is 6.24. The van der Waals surface area contributed by atoms with Gasteiger partial charge in [0, 0.05) is 18.9 Å². The van der Waals surface area contributed by atoms with E-state index in [2.05, 4.69) is 0 Å². The van der Waals surface area contributed by atoms with Crippen LogP contribution < -0.4 is 10.0 Å². The maximum absolute atomic E-state index is 12.5. The molecule has 123 valence electrons. The Hall–Kier alpha value is -0.483. The van der Waals surface area contributed by atoms with Crippen molar-refractivity contribution in [3.8, 4) is 5.75 Å². The number of carbonyl (C=O) groups excluding carboxylic acids is 1. The number of rotatable bonds is 4. The summed E-state index contributed by atoms with van der Waals surface area (Å²) in [6.45, 7) is 7.97. The van der Waals surface area contributed by atoms with E-state index in [4.69, 9.17) is 27.9 Å². The minimum atomic E-state index is -0.253. The van der Waals surface area contributed by atoms with Gasteiger partial charge in [-0.2, -0.15) is 0 Å². The molecule has 0 amide bonds. The van der Waals surface area contributed by atoms with E-state index in [1.165, 1.54) is 0 Å². The molecule has 24 heavy (non-hydrogen) atoms. The molecule has 0 aliphatic rings. The number of ether oxygens (including phenoxy) is 1. The number of hydrogen-bond donors (Lipinski definition) is 0. The van der Waals surface area contributed by atoms with Crippen LogP contribution in [0.2, 0.25) is 10.0 Å². The van der Waals surface area contributed by atoms with Crippen molar-refractivity contribution in [2.24, 2.45) is 0 Å². The predicted molar refractivity (Wildman–Crippen MR) is 106 cm³/mol. The number of halogens is 2. The molecule has 1 atom stereocenters. The van der Waals surface area contributed by atoms with Crippen LogP contribution in [-0.2, 0) is 0 Å². The summed E-state index contributed by atoms with van der Waals surface area (Å²) < 4.78 is 5.84. The minimum Gasteiger partial charge on any atom is -0.488 e. The fourth-order valence-electron chi connectivity index (χ4n) is 2.09. The smallest absolute Gasteiger partial charge is 0.188 e. The third-order valence-electron chi connectivity index (χ3n) is 3.06. The summed E-state index contributed by atoms with van der Waals surface area (Å²) in [6, 6.07) is 10.9. The molecule has 0 saturated heterocycles. The van der Waals surface area contributed by atoms with Gasteiger partial charge in [-0.15, -0.1) is 0 Å². The van der Waals surface area contributed by atoms with Crippen molar-refractivity contribution < 1.29 is 9.53 Å². The van der Waals surface area contributed by atoms with Crippen molar-refractivity contribution in [1.29, 1.82) is 0 Å². The third kappa shape index (κ3) is 5.80. The van der Waals surface area contributed by atoms with Gasteiger partial charge in [-0.05, 0) is 71.4 Å². The van der Waals surface area contributed by atoms with Crippen molar-refractivity contribution in [2.45, 2.75) is 33.3 Å². The molecule has 0 fully saturated rings. The zero-order valence-corrected chi connectivity index (χ0v) is 17.0. The van der Waals surface area contributed by atoms with Gasteiger partial charge in [0.15, 0.2) is 5.52 Å². The molecule has 2 aromatic rings. The Labute approximate surface area is 167 Å². The van der Waals surface area contributed by atoms with Crippen LogP contribution >= 0.6 is 31.8 Å². The van der Waals surface area contributed by atoms with E-state index < -0.39 is 0 Å². The fourth-order valence-corrected chi connectivity index (χ4v) is 3.90. The molecule has 0 aliphatic carbocycles. The van der Waals surface area contributed by atoms with Crippen molar-refractivity contribution in [3.63, 3.8) is 0 Å². The summed E-state index contributed by atoms with van der Waals surface area (Å²) in [6.07, 6.45) is 0. The van der Waals surface area contributed by atoms with Crippen LogP contribution in [0.3, 0.4) is 0 Å². The van der Waals surface area contributed by atoms with E-state index >= 15 is 0 Å². The molecule has 1 radical (unpaired) electrons. The van der Waals surface area contributed by atoms with Crippen LogP contribution in [-0.4, -0.2) is 30.0 Å². The first-order valence-corrected chi connectivity index (χ1v) is 8.98. The van der Waals surface area contributed by atoms with Crippen LogP contribution in [0, 0.1) is 6.92 Å². The van der Waals surface area contributed by atoms with Gasteiger partial charge in [0.2, 0.25) is 0 Å². The first kappa shape index (κ1) is 21.6. The Bertz CT molecular complexity index is 722. The molecule has 1 unspecified atom stereocenters. The molecule has 0 aromatic heterocycles. The van der Waals surface area contributed by atoms with Crippen molar-refractivity contribution in [2.75, 3.05) is 0 Å². The molecule has 2 rings (SSSR count). The molecule has 0 aliphatic heterocycles. The van der Waals surface area contributed by atoms with Crippen molar-refractivity contribution >= 4 is 61.5 Å². The molecule has 6 heteroatoms. The first-order chi connectivity index (χ1) is 10.7. The van der Waals surface area contributed by atoms with Gasteiger partial charge >= 0.3 is 0 Å².